The summed E-state index contributed by atoms with van der Waals surface area (Å²) in [5, 5.41) is 3.11. The van der Waals surface area contributed by atoms with Gasteiger partial charge in [0.1, 0.15) is 5.82 Å². The lowest BCUT2D eigenvalue weighted by atomic mass is 10.0. The number of nitrogens with zero attached hydrogens (tertiary/aromatic N) is 2. The average Bonchev–Trinajstić information content (AvgIpc) is 3.10. The Morgan fingerprint density at radius 3 is 2.54 bits per heavy atom. The maximum Gasteiger partial charge on any atom is 0.223 e. The number of carbonyl (C=O) groups is 1. The van der Waals surface area contributed by atoms with Crippen molar-refractivity contribution in [2.45, 2.75) is 38.6 Å². The molecular formula is C19H28FN3O. The van der Waals surface area contributed by atoms with Crippen LogP contribution >= 0.6 is 0 Å². The van der Waals surface area contributed by atoms with E-state index in [-0.39, 0.29) is 23.7 Å². The first kappa shape index (κ1) is 17.2. The van der Waals surface area contributed by atoms with E-state index in [0.29, 0.717) is 0 Å². The van der Waals surface area contributed by atoms with E-state index < -0.39 is 0 Å². The molecule has 0 bridgehead atoms. The van der Waals surface area contributed by atoms with Gasteiger partial charge in [0, 0.05) is 43.3 Å². The van der Waals surface area contributed by atoms with Crippen LogP contribution in [0.25, 0.3) is 0 Å². The molecule has 1 heterocycles. The number of hydrogen-bond acceptors (Lipinski definition) is 3. The fourth-order valence-corrected chi connectivity index (χ4v) is 3.80. The Bertz CT molecular complexity index is 578. The minimum absolute atomic E-state index is 0.119. The molecular weight excluding hydrogens is 305 g/mol. The Hall–Kier alpha value is -1.62. The third-order valence-electron chi connectivity index (χ3n) is 5.38. The van der Waals surface area contributed by atoms with E-state index in [4.69, 9.17) is 0 Å². The Kier molecular flexibility index (Phi) is 5.39. The minimum atomic E-state index is -0.246. The molecule has 1 saturated carbocycles. The molecule has 0 spiro atoms. The second kappa shape index (κ2) is 7.51. The fraction of sp³-hybridized carbons (Fsp3) is 0.632. The molecule has 5 heteroatoms. The van der Waals surface area contributed by atoms with Gasteiger partial charge in [-0.25, -0.2) is 4.39 Å². The summed E-state index contributed by atoms with van der Waals surface area (Å²) in [6.07, 6.45) is 4.23. The van der Waals surface area contributed by atoms with Crippen LogP contribution in [0.1, 0.15) is 44.2 Å². The van der Waals surface area contributed by atoms with Crippen LogP contribution in [-0.2, 0) is 4.79 Å². The molecule has 1 atom stereocenters. The molecule has 3 rings (SSSR count). The Labute approximate surface area is 144 Å². The highest BCUT2D eigenvalue weighted by molar-refractivity contribution is 5.79. The van der Waals surface area contributed by atoms with Crippen LogP contribution in [0.5, 0.6) is 0 Å². The molecule has 0 unspecified atom stereocenters. The number of amides is 1. The van der Waals surface area contributed by atoms with E-state index in [1.54, 1.807) is 6.07 Å². The predicted octanol–water partition coefficient (Wildman–Crippen LogP) is 2.94. The standard InChI is InChI=1S/C19H28FN3O/c1-14(21-19(24)15-5-3-4-6-15)17-13-16(20)7-8-18(17)23-11-9-22(2)10-12-23/h7-8,13-15H,3-6,9-12H2,1-2H3,(H,21,24)/t14-/m1/s1. The van der Waals surface area contributed by atoms with Crippen molar-refractivity contribution in [3.8, 4) is 0 Å². The van der Waals surface area contributed by atoms with Crippen LogP contribution in [0.15, 0.2) is 18.2 Å². The second-order valence-corrected chi connectivity index (χ2v) is 7.21. The van der Waals surface area contributed by atoms with Gasteiger partial charge in [-0.15, -0.1) is 0 Å². The van der Waals surface area contributed by atoms with Crippen molar-refractivity contribution < 1.29 is 9.18 Å². The molecule has 4 nitrogen and oxygen atoms in total. The number of likely N-dealkylation sites (N-methyl/N-ethyl adjacent to an activating group) is 1. The molecule has 1 aliphatic carbocycles. The van der Waals surface area contributed by atoms with Gasteiger partial charge in [0.15, 0.2) is 0 Å². The maximum atomic E-state index is 13.8. The van der Waals surface area contributed by atoms with E-state index in [9.17, 15) is 9.18 Å². The first-order valence-corrected chi connectivity index (χ1v) is 9.08. The highest BCUT2D eigenvalue weighted by Gasteiger charge is 2.26. The van der Waals surface area contributed by atoms with Gasteiger partial charge in [-0.2, -0.15) is 0 Å². The van der Waals surface area contributed by atoms with Crippen LogP contribution in [0, 0.1) is 11.7 Å². The molecule has 2 aliphatic rings. The molecule has 1 aliphatic heterocycles. The van der Waals surface area contributed by atoms with E-state index in [1.165, 1.54) is 6.07 Å². The van der Waals surface area contributed by atoms with Crippen molar-refractivity contribution in [2.75, 3.05) is 38.1 Å². The van der Waals surface area contributed by atoms with Crippen LogP contribution in [0.4, 0.5) is 10.1 Å². The van der Waals surface area contributed by atoms with Crippen LogP contribution in [0.2, 0.25) is 0 Å². The molecule has 132 valence electrons. The molecule has 1 N–H and O–H groups in total. The average molecular weight is 333 g/mol. The van der Waals surface area contributed by atoms with Gasteiger partial charge in [-0.3, -0.25) is 4.79 Å². The summed E-state index contributed by atoms with van der Waals surface area (Å²) in [6.45, 7) is 5.82. The topological polar surface area (TPSA) is 35.6 Å². The van der Waals surface area contributed by atoms with Gasteiger partial charge < -0.3 is 15.1 Å². The van der Waals surface area contributed by atoms with E-state index in [0.717, 1.165) is 63.1 Å². The molecule has 1 saturated heterocycles. The zero-order valence-corrected chi connectivity index (χ0v) is 14.7. The van der Waals surface area contributed by atoms with Crippen molar-refractivity contribution in [3.63, 3.8) is 0 Å². The third kappa shape index (κ3) is 3.89. The molecule has 1 aromatic rings. The summed E-state index contributed by atoms with van der Waals surface area (Å²) >= 11 is 0. The van der Waals surface area contributed by atoms with Gasteiger partial charge >= 0.3 is 0 Å². The second-order valence-electron chi connectivity index (χ2n) is 7.21. The van der Waals surface area contributed by atoms with Crippen LogP contribution in [0.3, 0.4) is 0 Å². The summed E-state index contributed by atoms with van der Waals surface area (Å²) in [6, 6.07) is 4.77. The van der Waals surface area contributed by atoms with E-state index >= 15 is 0 Å². The number of halogens is 1. The molecule has 0 aromatic heterocycles. The number of anilines is 1. The van der Waals surface area contributed by atoms with Crippen molar-refractivity contribution in [1.82, 2.24) is 10.2 Å². The van der Waals surface area contributed by atoms with E-state index in [2.05, 4.69) is 22.2 Å². The van der Waals surface area contributed by atoms with E-state index in [1.807, 2.05) is 13.0 Å². The highest BCUT2D eigenvalue weighted by atomic mass is 19.1. The lowest BCUT2D eigenvalue weighted by Gasteiger charge is -2.36. The smallest absolute Gasteiger partial charge is 0.223 e. The summed E-state index contributed by atoms with van der Waals surface area (Å²) in [5.74, 6) is 0.00604. The van der Waals surface area contributed by atoms with Gasteiger partial charge in [-0.1, -0.05) is 12.8 Å². The number of rotatable bonds is 4. The minimum Gasteiger partial charge on any atom is -0.369 e. The van der Waals surface area contributed by atoms with Crippen molar-refractivity contribution in [1.29, 1.82) is 0 Å². The molecule has 2 fully saturated rings. The predicted molar refractivity (Wildman–Crippen MR) is 94.6 cm³/mol. The maximum absolute atomic E-state index is 13.8. The lowest BCUT2D eigenvalue weighted by molar-refractivity contribution is -0.125. The summed E-state index contributed by atoms with van der Waals surface area (Å²) in [7, 11) is 2.12. The Morgan fingerprint density at radius 1 is 1.21 bits per heavy atom. The van der Waals surface area contributed by atoms with Gasteiger partial charge in [0.05, 0.1) is 6.04 Å². The van der Waals surface area contributed by atoms with Gasteiger partial charge in [0.2, 0.25) is 5.91 Å². The summed E-state index contributed by atoms with van der Waals surface area (Å²) in [4.78, 5) is 17.0. The monoisotopic (exact) mass is 333 g/mol. The largest absolute Gasteiger partial charge is 0.369 e. The molecule has 1 amide bonds. The molecule has 1 aromatic carbocycles. The van der Waals surface area contributed by atoms with Crippen LogP contribution in [-0.4, -0.2) is 44.0 Å². The molecule has 24 heavy (non-hydrogen) atoms. The number of hydrogen-bond donors (Lipinski definition) is 1. The first-order chi connectivity index (χ1) is 11.5. The number of piperazine rings is 1. The van der Waals surface area contributed by atoms with Crippen LogP contribution < -0.4 is 10.2 Å². The molecule has 0 radical (unpaired) electrons. The summed E-state index contributed by atoms with van der Waals surface area (Å²) < 4.78 is 13.8. The fourth-order valence-electron chi connectivity index (χ4n) is 3.80. The van der Waals surface area contributed by atoms with Crippen molar-refractivity contribution >= 4 is 11.6 Å². The number of nitrogens with one attached hydrogen (secondary N) is 1. The zero-order valence-electron chi connectivity index (χ0n) is 14.7. The zero-order chi connectivity index (χ0) is 17.1. The number of carbonyl (C=O) groups excluding carboxylic acids is 1. The van der Waals surface area contributed by atoms with Crippen molar-refractivity contribution in [3.05, 3.63) is 29.6 Å². The SMILES string of the molecule is C[C@@H](NC(=O)C1CCCC1)c1cc(F)ccc1N1CCN(C)CC1. The van der Waals surface area contributed by atoms with Gasteiger partial charge in [-0.05, 0) is 45.0 Å². The summed E-state index contributed by atoms with van der Waals surface area (Å²) in [5.41, 5.74) is 1.93. The first-order valence-electron chi connectivity index (χ1n) is 9.08. The lowest BCUT2D eigenvalue weighted by Crippen LogP contribution is -2.45. The number of benzene rings is 1. The third-order valence-corrected chi connectivity index (χ3v) is 5.38. The Morgan fingerprint density at radius 2 is 1.88 bits per heavy atom. The quantitative estimate of drug-likeness (QED) is 0.920. The Balaban J connectivity index is 1.75. The van der Waals surface area contributed by atoms with Crippen molar-refractivity contribution in [2.24, 2.45) is 5.92 Å². The normalized spacial score (nSPS) is 21.0. The van der Waals surface area contributed by atoms with Gasteiger partial charge in [0.25, 0.3) is 0 Å². The highest BCUT2D eigenvalue weighted by Crippen LogP contribution is 2.30.